The Hall–Kier alpha value is -1.32. The Balaban J connectivity index is 1.53. The van der Waals surface area contributed by atoms with Crippen molar-refractivity contribution < 1.29 is 4.79 Å². The van der Waals surface area contributed by atoms with Crippen molar-refractivity contribution in [1.29, 1.82) is 0 Å². The van der Waals surface area contributed by atoms with Gasteiger partial charge in [0, 0.05) is 18.2 Å². The fourth-order valence-corrected chi connectivity index (χ4v) is 3.75. The normalized spacial score (nSPS) is 29.1. The molecule has 2 fully saturated rings. The molecule has 2 bridgehead atoms. The third kappa shape index (κ3) is 2.67. The number of nitrogens with one attached hydrogen (secondary N) is 2. The molecule has 1 aromatic heterocycles. The van der Waals surface area contributed by atoms with Crippen LogP contribution in [-0.2, 0) is 4.79 Å². The first kappa shape index (κ1) is 12.7. The highest BCUT2D eigenvalue weighted by atomic mass is 16.1. The van der Waals surface area contributed by atoms with Crippen LogP contribution in [0.15, 0.2) is 6.07 Å². The number of carbonyl (C=O) groups is 1. The van der Waals surface area contributed by atoms with Gasteiger partial charge >= 0.3 is 0 Å². The van der Waals surface area contributed by atoms with Crippen LogP contribution in [0.2, 0.25) is 0 Å². The summed E-state index contributed by atoms with van der Waals surface area (Å²) < 4.78 is 0. The van der Waals surface area contributed by atoms with E-state index in [4.69, 9.17) is 0 Å². The van der Waals surface area contributed by atoms with Crippen LogP contribution in [0.1, 0.15) is 57.6 Å². The van der Waals surface area contributed by atoms with E-state index >= 15 is 0 Å². The number of aromatic amines is 1. The fraction of sp³-hybridized carbons (Fsp3) is 0.733. The lowest BCUT2D eigenvalue weighted by atomic mass is 9.86. The Kier molecular flexibility index (Phi) is 3.33. The number of rotatable bonds is 4. The van der Waals surface area contributed by atoms with Gasteiger partial charge in [-0.3, -0.25) is 9.89 Å². The lowest BCUT2D eigenvalue weighted by Gasteiger charge is -2.20. The van der Waals surface area contributed by atoms with Crippen LogP contribution in [0.4, 0.5) is 5.82 Å². The van der Waals surface area contributed by atoms with Crippen LogP contribution in [-0.4, -0.2) is 16.1 Å². The van der Waals surface area contributed by atoms with E-state index in [-0.39, 0.29) is 5.91 Å². The number of H-pyrrole nitrogens is 1. The van der Waals surface area contributed by atoms with Gasteiger partial charge in [-0.05, 0) is 42.9 Å². The molecule has 1 amide bonds. The molecule has 2 aliphatic rings. The molecule has 4 nitrogen and oxygen atoms in total. The molecule has 2 saturated carbocycles. The number of anilines is 1. The Morgan fingerprint density at radius 3 is 2.89 bits per heavy atom. The molecular weight excluding hydrogens is 238 g/mol. The second kappa shape index (κ2) is 4.99. The zero-order chi connectivity index (χ0) is 13.4. The topological polar surface area (TPSA) is 57.8 Å². The number of nitrogens with zero attached hydrogens (tertiary/aromatic N) is 1. The molecule has 0 radical (unpaired) electrons. The minimum atomic E-state index is 0.124. The van der Waals surface area contributed by atoms with Gasteiger partial charge in [0.2, 0.25) is 5.91 Å². The van der Waals surface area contributed by atoms with Crippen molar-refractivity contribution in [2.24, 2.45) is 17.8 Å². The molecule has 0 saturated heterocycles. The maximum absolute atomic E-state index is 12.1. The molecule has 19 heavy (non-hydrogen) atoms. The molecule has 1 heterocycles. The maximum Gasteiger partial charge on any atom is 0.225 e. The largest absolute Gasteiger partial charge is 0.309 e. The molecule has 104 valence electrons. The van der Waals surface area contributed by atoms with Crippen molar-refractivity contribution in [3.05, 3.63) is 11.8 Å². The van der Waals surface area contributed by atoms with Crippen LogP contribution >= 0.6 is 0 Å². The van der Waals surface area contributed by atoms with Gasteiger partial charge in [-0.2, -0.15) is 5.10 Å². The Labute approximate surface area is 114 Å². The van der Waals surface area contributed by atoms with Crippen LogP contribution in [0, 0.1) is 17.8 Å². The van der Waals surface area contributed by atoms with Crippen molar-refractivity contribution in [2.75, 3.05) is 5.32 Å². The molecule has 4 heteroatoms. The van der Waals surface area contributed by atoms with E-state index in [0.717, 1.165) is 17.5 Å². The molecular formula is C15H23N3O. The van der Waals surface area contributed by atoms with Gasteiger partial charge in [0.25, 0.3) is 0 Å². The zero-order valence-corrected chi connectivity index (χ0v) is 11.8. The summed E-state index contributed by atoms with van der Waals surface area (Å²) in [5, 5.41) is 10.0. The first-order chi connectivity index (χ1) is 9.11. The quantitative estimate of drug-likeness (QED) is 0.873. The van der Waals surface area contributed by atoms with Crippen LogP contribution in [0.25, 0.3) is 0 Å². The molecule has 3 unspecified atom stereocenters. The second-order valence-electron chi connectivity index (χ2n) is 6.55. The zero-order valence-electron chi connectivity index (χ0n) is 11.8. The minimum Gasteiger partial charge on any atom is -0.309 e. The molecule has 2 N–H and O–H groups in total. The molecule has 0 spiro atoms. The summed E-state index contributed by atoms with van der Waals surface area (Å²) in [7, 11) is 0. The Bertz CT molecular complexity index is 466. The molecule has 3 atom stereocenters. The van der Waals surface area contributed by atoms with E-state index < -0.39 is 0 Å². The standard InChI is InChI=1S/C15H23N3O/c1-9(2)13-8-14(18-17-13)16-15(19)7-12-6-10-3-4-11(12)5-10/h8-12H,3-7H2,1-2H3,(H2,16,17,18,19). The summed E-state index contributed by atoms with van der Waals surface area (Å²) in [5.74, 6) is 3.52. The van der Waals surface area contributed by atoms with E-state index in [1.807, 2.05) is 6.07 Å². The minimum absolute atomic E-state index is 0.124. The lowest BCUT2D eigenvalue weighted by molar-refractivity contribution is -0.117. The first-order valence-electron chi connectivity index (χ1n) is 7.47. The summed E-state index contributed by atoms with van der Waals surface area (Å²) in [6.07, 6.45) is 6.02. The maximum atomic E-state index is 12.1. The monoisotopic (exact) mass is 261 g/mol. The van der Waals surface area contributed by atoms with Gasteiger partial charge in [-0.1, -0.05) is 20.3 Å². The van der Waals surface area contributed by atoms with Gasteiger partial charge in [0.05, 0.1) is 0 Å². The summed E-state index contributed by atoms with van der Waals surface area (Å²) in [5.41, 5.74) is 1.07. The lowest BCUT2D eigenvalue weighted by Crippen LogP contribution is -2.20. The molecule has 0 aliphatic heterocycles. The van der Waals surface area contributed by atoms with Gasteiger partial charge in [0.1, 0.15) is 0 Å². The predicted octanol–water partition coefficient (Wildman–Crippen LogP) is 3.30. The van der Waals surface area contributed by atoms with Crippen molar-refractivity contribution in [1.82, 2.24) is 10.2 Å². The molecule has 1 aromatic rings. The highest BCUT2D eigenvalue weighted by molar-refractivity contribution is 5.89. The number of aromatic nitrogens is 2. The van der Waals surface area contributed by atoms with Crippen molar-refractivity contribution in [3.8, 4) is 0 Å². The average molecular weight is 261 g/mol. The van der Waals surface area contributed by atoms with Crippen molar-refractivity contribution in [2.45, 2.75) is 51.9 Å². The van der Waals surface area contributed by atoms with Crippen molar-refractivity contribution >= 4 is 11.7 Å². The van der Waals surface area contributed by atoms with E-state index in [0.29, 0.717) is 24.1 Å². The van der Waals surface area contributed by atoms with Gasteiger partial charge in [0.15, 0.2) is 5.82 Å². The third-order valence-corrected chi connectivity index (χ3v) is 4.82. The number of fused-ring (bicyclic) bond motifs is 2. The average Bonchev–Trinajstić information content (AvgIpc) is 3.03. The van der Waals surface area contributed by atoms with Crippen LogP contribution < -0.4 is 5.32 Å². The third-order valence-electron chi connectivity index (χ3n) is 4.82. The number of carbonyl (C=O) groups excluding carboxylic acids is 1. The Morgan fingerprint density at radius 2 is 2.32 bits per heavy atom. The van der Waals surface area contributed by atoms with E-state index in [2.05, 4.69) is 29.4 Å². The highest BCUT2D eigenvalue weighted by Crippen LogP contribution is 2.49. The van der Waals surface area contributed by atoms with Gasteiger partial charge < -0.3 is 5.32 Å². The van der Waals surface area contributed by atoms with Gasteiger partial charge in [-0.15, -0.1) is 0 Å². The number of hydrogen-bond donors (Lipinski definition) is 2. The predicted molar refractivity (Wildman–Crippen MR) is 74.9 cm³/mol. The first-order valence-corrected chi connectivity index (χ1v) is 7.47. The van der Waals surface area contributed by atoms with Crippen LogP contribution in [0.3, 0.4) is 0 Å². The molecule has 0 aromatic carbocycles. The fourth-order valence-electron chi connectivity index (χ4n) is 3.75. The van der Waals surface area contributed by atoms with E-state index in [1.165, 1.54) is 25.7 Å². The van der Waals surface area contributed by atoms with E-state index in [9.17, 15) is 4.79 Å². The molecule has 3 rings (SSSR count). The second-order valence-corrected chi connectivity index (χ2v) is 6.55. The summed E-state index contributed by atoms with van der Waals surface area (Å²) >= 11 is 0. The van der Waals surface area contributed by atoms with Gasteiger partial charge in [-0.25, -0.2) is 0 Å². The summed E-state index contributed by atoms with van der Waals surface area (Å²) in [6, 6.07) is 1.93. The Morgan fingerprint density at radius 1 is 1.47 bits per heavy atom. The number of amides is 1. The summed E-state index contributed by atoms with van der Waals surface area (Å²) in [4.78, 5) is 12.1. The van der Waals surface area contributed by atoms with E-state index in [1.54, 1.807) is 0 Å². The number of hydrogen-bond acceptors (Lipinski definition) is 2. The van der Waals surface area contributed by atoms with Crippen molar-refractivity contribution in [3.63, 3.8) is 0 Å². The molecule has 2 aliphatic carbocycles. The summed E-state index contributed by atoms with van der Waals surface area (Å²) in [6.45, 7) is 4.21. The highest BCUT2D eigenvalue weighted by Gasteiger charge is 2.40. The SMILES string of the molecule is CC(C)c1cc(NC(=O)CC2CC3CCC2C3)n[nH]1. The smallest absolute Gasteiger partial charge is 0.225 e. The van der Waals surface area contributed by atoms with Crippen LogP contribution in [0.5, 0.6) is 0 Å².